The number of hydrogen-bond donors (Lipinski definition) is 0. The summed E-state index contributed by atoms with van der Waals surface area (Å²) in [6, 6.07) is 14.2. The van der Waals surface area contributed by atoms with Crippen LogP contribution in [-0.2, 0) is 6.54 Å². The molecule has 6 heteroatoms. The molecule has 0 unspecified atom stereocenters. The summed E-state index contributed by atoms with van der Waals surface area (Å²) in [6.07, 6.45) is 7.98. The van der Waals surface area contributed by atoms with E-state index in [-0.39, 0.29) is 5.91 Å². The van der Waals surface area contributed by atoms with Gasteiger partial charge in [-0.15, -0.1) is 11.3 Å². The van der Waals surface area contributed by atoms with Crippen LogP contribution in [-0.4, -0.2) is 38.0 Å². The van der Waals surface area contributed by atoms with Gasteiger partial charge in [-0.3, -0.25) is 4.79 Å². The second kappa shape index (κ2) is 7.28. The monoisotopic (exact) mass is 390 g/mol. The SMILES string of the molecule is O=C(c1ccsc1-n1cccc1)N1CCC(Cn2cnc3ccccc32)CC1. The minimum atomic E-state index is 0.150. The van der Waals surface area contributed by atoms with Gasteiger partial charge >= 0.3 is 0 Å². The Kier molecular flexibility index (Phi) is 4.49. The zero-order valence-corrected chi connectivity index (χ0v) is 16.4. The first-order valence-electron chi connectivity index (χ1n) is 9.69. The van der Waals surface area contributed by atoms with E-state index in [1.807, 2.05) is 57.8 Å². The van der Waals surface area contributed by atoms with Crippen molar-refractivity contribution in [3.8, 4) is 5.00 Å². The van der Waals surface area contributed by atoms with Gasteiger partial charge in [0.15, 0.2) is 0 Å². The molecule has 1 fully saturated rings. The van der Waals surface area contributed by atoms with Crippen LogP contribution < -0.4 is 0 Å². The van der Waals surface area contributed by atoms with Crippen LogP contribution in [0.5, 0.6) is 0 Å². The van der Waals surface area contributed by atoms with E-state index >= 15 is 0 Å². The Labute approximate surface area is 167 Å². The van der Waals surface area contributed by atoms with E-state index in [0.29, 0.717) is 5.92 Å². The smallest absolute Gasteiger partial charge is 0.256 e. The van der Waals surface area contributed by atoms with Crippen LogP contribution in [0.2, 0.25) is 0 Å². The third-order valence-corrected chi connectivity index (χ3v) is 6.52. The number of rotatable bonds is 4. The van der Waals surface area contributed by atoms with Crippen molar-refractivity contribution in [3.05, 3.63) is 72.1 Å². The van der Waals surface area contributed by atoms with Gasteiger partial charge in [0.05, 0.1) is 22.9 Å². The molecular weight excluding hydrogens is 368 g/mol. The Morgan fingerprint density at radius 3 is 2.68 bits per heavy atom. The Morgan fingerprint density at radius 2 is 1.86 bits per heavy atom. The van der Waals surface area contributed by atoms with E-state index in [9.17, 15) is 4.79 Å². The summed E-state index contributed by atoms with van der Waals surface area (Å²) in [7, 11) is 0. The summed E-state index contributed by atoms with van der Waals surface area (Å²) in [5.41, 5.74) is 3.04. The molecule has 1 aliphatic rings. The first kappa shape index (κ1) is 17.3. The number of aromatic nitrogens is 3. The molecule has 4 aromatic rings. The van der Waals surface area contributed by atoms with E-state index in [2.05, 4.69) is 27.8 Å². The summed E-state index contributed by atoms with van der Waals surface area (Å²) < 4.78 is 4.27. The van der Waals surface area contributed by atoms with Crippen LogP contribution in [0.25, 0.3) is 16.0 Å². The Hall–Kier alpha value is -2.86. The number of carbonyl (C=O) groups is 1. The average Bonchev–Trinajstić information content (AvgIpc) is 3.49. The lowest BCUT2D eigenvalue weighted by Crippen LogP contribution is -2.39. The minimum Gasteiger partial charge on any atom is -0.339 e. The number of nitrogens with zero attached hydrogens (tertiary/aromatic N) is 4. The van der Waals surface area contributed by atoms with E-state index < -0.39 is 0 Å². The van der Waals surface area contributed by atoms with Crippen LogP contribution in [0.4, 0.5) is 0 Å². The maximum absolute atomic E-state index is 13.1. The van der Waals surface area contributed by atoms with Crippen LogP contribution in [0.3, 0.4) is 0 Å². The van der Waals surface area contributed by atoms with E-state index in [0.717, 1.165) is 48.6 Å². The minimum absolute atomic E-state index is 0.150. The second-order valence-electron chi connectivity index (χ2n) is 7.35. The largest absolute Gasteiger partial charge is 0.339 e. The topological polar surface area (TPSA) is 43.1 Å². The number of fused-ring (bicyclic) bond motifs is 1. The first-order valence-corrected chi connectivity index (χ1v) is 10.6. The van der Waals surface area contributed by atoms with Crippen molar-refractivity contribution < 1.29 is 4.79 Å². The molecule has 5 rings (SSSR count). The van der Waals surface area contributed by atoms with E-state index in [1.165, 1.54) is 5.52 Å². The van der Waals surface area contributed by atoms with Crippen molar-refractivity contribution >= 4 is 28.3 Å². The van der Waals surface area contributed by atoms with Gasteiger partial charge in [0, 0.05) is 32.0 Å². The fourth-order valence-electron chi connectivity index (χ4n) is 4.06. The molecule has 28 heavy (non-hydrogen) atoms. The van der Waals surface area contributed by atoms with Crippen LogP contribution in [0.1, 0.15) is 23.2 Å². The molecule has 0 N–H and O–H groups in total. The van der Waals surface area contributed by atoms with Gasteiger partial charge < -0.3 is 14.0 Å². The molecule has 1 aliphatic heterocycles. The van der Waals surface area contributed by atoms with Gasteiger partial charge in [0.25, 0.3) is 5.91 Å². The van der Waals surface area contributed by atoms with Gasteiger partial charge in [0.1, 0.15) is 5.00 Å². The zero-order valence-electron chi connectivity index (χ0n) is 15.6. The fourth-order valence-corrected chi connectivity index (χ4v) is 4.92. The number of likely N-dealkylation sites (tertiary alicyclic amines) is 1. The standard InChI is InChI=1S/C22H22N4OS/c27-21(18-9-14-28-22(18)25-10-3-4-11-25)24-12-7-17(8-13-24)15-26-16-23-19-5-1-2-6-20(19)26/h1-6,9-11,14,16-17H,7-8,12-13,15H2. The number of thiophene rings is 1. The van der Waals surface area contributed by atoms with E-state index in [1.54, 1.807) is 11.3 Å². The van der Waals surface area contributed by atoms with Crippen molar-refractivity contribution in [2.45, 2.75) is 19.4 Å². The summed E-state index contributed by atoms with van der Waals surface area (Å²) >= 11 is 1.61. The van der Waals surface area contributed by atoms with Crippen LogP contribution in [0, 0.1) is 5.92 Å². The van der Waals surface area contributed by atoms with Gasteiger partial charge in [-0.05, 0) is 54.5 Å². The molecule has 1 amide bonds. The van der Waals surface area contributed by atoms with Crippen molar-refractivity contribution in [3.63, 3.8) is 0 Å². The highest BCUT2D eigenvalue weighted by molar-refractivity contribution is 7.13. The van der Waals surface area contributed by atoms with Crippen molar-refractivity contribution in [1.29, 1.82) is 0 Å². The number of piperidine rings is 1. The zero-order chi connectivity index (χ0) is 18.9. The molecule has 1 aromatic carbocycles. The molecule has 0 saturated carbocycles. The maximum atomic E-state index is 13.1. The van der Waals surface area contributed by atoms with Crippen LogP contribution in [0.15, 0.2) is 66.6 Å². The molecule has 4 heterocycles. The highest BCUT2D eigenvalue weighted by Gasteiger charge is 2.26. The number of amides is 1. The highest BCUT2D eigenvalue weighted by Crippen LogP contribution is 2.27. The molecule has 1 saturated heterocycles. The van der Waals surface area contributed by atoms with Gasteiger partial charge in [-0.1, -0.05) is 12.1 Å². The lowest BCUT2D eigenvalue weighted by atomic mass is 9.96. The van der Waals surface area contributed by atoms with Crippen LogP contribution >= 0.6 is 11.3 Å². The quantitative estimate of drug-likeness (QED) is 0.517. The van der Waals surface area contributed by atoms with Crippen molar-refractivity contribution in [2.75, 3.05) is 13.1 Å². The summed E-state index contributed by atoms with van der Waals surface area (Å²) in [5.74, 6) is 0.726. The molecule has 0 atom stereocenters. The number of carbonyl (C=O) groups excluding carboxylic acids is 1. The summed E-state index contributed by atoms with van der Waals surface area (Å²) in [6.45, 7) is 2.60. The lowest BCUT2D eigenvalue weighted by Gasteiger charge is -2.32. The lowest BCUT2D eigenvalue weighted by molar-refractivity contribution is 0.0684. The molecule has 142 valence electrons. The third-order valence-electron chi connectivity index (χ3n) is 5.60. The number of benzene rings is 1. The van der Waals surface area contributed by atoms with E-state index in [4.69, 9.17) is 0 Å². The molecule has 5 nitrogen and oxygen atoms in total. The molecule has 0 aliphatic carbocycles. The summed E-state index contributed by atoms with van der Waals surface area (Å²) in [4.78, 5) is 19.6. The fraction of sp³-hybridized carbons (Fsp3) is 0.273. The molecule has 3 aromatic heterocycles. The van der Waals surface area contributed by atoms with Gasteiger partial charge in [-0.25, -0.2) is 4.98 Å². The summed E-state index contributed by atoms with van der Waals surface area (Å²) in [5, 5.41) is 3.00. The first-order chi connectivity index (χ1) is 13.8. The predicted octanol–water partition coefficient (Wildman–Crippen LogP) is 4.44. The van der Waals surface area contributed by atoms with Crippen molar-refractivity contribution in [2.24, 2.45) is 5.92 Å². The number of imidazole rings is 1. The second-order valence-corrected chi connectivity index (χ2v) is 8.25. The van der Waals surface area contributed by atoms with Gasteiger partial charge in [-0.2, -0.15) is 0 Å². The molecular formula is C22H22N4OS. The molecule has 0 radical (unpaired) electrons. The van der Waals surface area contributed by atoms with Crippen molar-refractivity contribution in [1.82, 2.24) is 19.0 Å². The number of para-hydroxylation sites is 2. The predicted molar refractivity (Wildman–Crippen MR) is 112 cm³/mol. The Bertz CT molecular complexity index is 1090. The molecule has 0 bridgehead atoms. The Balaban J connectivity index is 1.25. The number of hydrogen-bond acceptors (Lipinski definition) is 3. The Morgan fingerprint density at radius 1 is 1.07 bits per heavy atom. The highest BCUT2D eigenvalue weighted by atomic mass is 32.1. The third kappa shape index (κ3) is 3.14. The molecule has 0 spiro atoms. The average molecular weight is 391 g/mol. The maximum Gasteiger partial charge on any atom is 0.256 e. The van der Waals surface area contributed by atoms with Gasteiger partial charge in [0.2, 0.25) is 0 Å². The normalized spacial score (nSPS) is 15.4.